The van der Waals surface area contributed by atoms with Crippen molar-refractivity contribution < 1.29 is 8.42 Å². The molecule has 96 valence electrons. The van der Waals surface area contributed by atoms with Crippen LogP contribution in [0.5, 0.6) is 0 Å². The first-order valence-corrected chi connectivity index (χ1v) is 7.66. The molecule has 2 aromatic heterocycles. The van der Waals surface area contributed by atoms with Crippen LogP contribution in [-0.2, 0) is 10.0 Å². The number of aromatic nitrogens is 3. The van der Waals surface area contributed by atoms with Gasteiger partial charge in [-0.25, -0.2) is 13.6 Å². The average Bonchev–Trinajstić information content (AvgIpc) is 2.90. The summed E-state index contributed by atoms with van der Waals surface area (Å²) >= 11 is 1.37. The molecule has 3 rings (SSSR count). The lowest BCUT2D eigenvalue weighted by Crippen LogP contribution is -2.11. The number of pyridine rings is 1. The highest BCUT2D eigenvalue weighted by Crippen LogP contribution is 2.28. The van der Waals surface area contributed by atoms with E-state index in [4.69, 9.17) is 5.14 Å². The Morgan fingerprint density at radius 1 is 1.21 bits per heavy atom. The Labute approximate surface area is 113 Å². The van der Waals surface area contributed by atoms with Gasteiger partial charge in [-0.15, -0.1) is 10.2 Å². The van der Waals surface area contributed by atoms with E-state index in [2.05, 4.69) is 15.2 Å². The first-order chi connectivity index (χ1) is 9.05. The molecule has 2 N–H and O–H groups in total. The number of primary sulfonamides is 1. The van der Waals surface area contributed by atoms with E-state index in [1.807, 2.05) is 0 Å². The molecular weight excluding hydrogens is 284 g/mol. The number of rotatable bonds is 2. The maximum atomic E-state index is 11.3. The van der Waals surface area contributed by atoms with Gasteiger partial charge in [0.2, 0.25) is 10.0 Å². The zero-order valence-corrected chi connectivity index (χ0v) is 11.1. The summed E-state index contributed by atoms with van der Waals surface area (Å²) in [6.07, 6.45) is 1.60. The average molecular weight is 292 g/mol. The Morgan fingerprint density at radius 3 is 2.74 bits per heavy atom. The second kappa shape index (κ2) is 4.34. The molecule has 0 saturated carbocycles. The summed E-state index contributed by atoms with van der Waals surface area (Å²) in [5.41, 5.74) is 2.30. The third-order valence-electron chi connectivity index (χ3n) is 2.63. The highest BCUT2D eigenvalue weighted by molar-refractivity contribution is 7.89. The number of benzene rings is 1. The molecule has 2 heterocycles. The van der Waals surface area contributed by atoms with E-state index in [1.165, 1.54) is 23.5 Å². The van der Waals surface area contributed by atoms with Crippen molar-refractivity contribution in [2.45, 2.75) is 4.90 Å². The zero-order valence-electron chi connectivity index (χ0n) is 9.52. The van der Waals surface area contributed by atoms with E-state index in [1.54, 1.807) is 23.8 Å². The highest BCUT2D eigenvalue weighted by atomic mass is 32.2. The molecule has 0 radical (unpaired) electrons. The number of hydrogen-bond donors (Lipinski definition) is 1. The molecule has 0 unspecified atom stereocenters. The third-order valence-corrected chi connectivity index (χ3v) is 4.24. The van der Waals surface area contributed by atoms with E-state index in [0.717, 1.165) is 10.8 Å². The summed E-state index contributed by atoms with van der Waals surface area (Å²) in [5.74, 6) is 0. The van der Waals surface area contributed by atoms with Gasteiger partial charge in [-0.1, -0.05) is 17.4 Å². The van der Waals surface area contributed by atoms with Gasteiger partial charge in [-0.2, -0.15) is 0 Å². The topological polar surface area (TPSA) is 98.8 Å². The van der Waals surface area contributed by atoms with Gasteiger partial charge in [0.1, 0.15) is 11.2 Å². The fourth-order valence-corrected chi connectivity index (χ4v) is 2.89. The summed E-state index contributed by atoms with van der Waals surface area (Å²) in [6, 6.07) is 6.40. The Balaban J connectivity index is 2.29. The summed E-state index contributed by atoms with van der Waals surface area (Å²) in [6.45, 7) is 0. The first-order valence-electron chi connectivity index (χ1n) is 5.24. The Morgan fingerprint density at radius 2 is 2.05 bits per heavy atom. The Hall–Kier alpha value is -1.90. The molecule has 0 fully saturated rings. The number of sulfonamides is 1. The predicted octanol–water partition coefficient (Wildman–Crippen LogP) is 1.40. The molecule has 3 aromatic rings. The van der Waals surface area contributed by atoms with E-state index >= 15 is 0 Å². The highest BCUT2D eigenvalue weighted by Gasteiger charge is 2.12. The molecule has 8 heteroatoms. The minimum absolute atomic E-state index is 0.0782. The maximum absolute atomic E-state index is 11.3. The standard InChI is InChI=1S/C11H8N4O2S2/c12-19(16,17)8-1-2-9-7(5-8)3-4-13-10(9)11-15-14-6-18-11/h1-6H,(H2,12,16,17). The number of nitrogens with zero attached hydrogens (tertiary/aromatic N) is 3. The monoisotopic (exact) mass is 292 g/mol. The fraction of sp³-hybridized carbons (Fsp3) is 0. The van der Waals surface area contributed by atoms with Crippen molar-refractivity contribution >= 4 is 32.1 Å². The number of fused-ring (bicyclic) bond motifs is 1. The lowest BCUT2D eigenvalue weighted by Gasteiger charge is -2.04. The van der Waals surface area contributed by atoms with Crippen molar-refractivity contribution in [1.82, 2.24) is 15.2 Å². The third kappa shape index (κ3) is 2.21. The van der Waals surface area contributed by atoms with Gasteiger partial charge in [0.25, 0.3) is 0 Å². The van der Waals surface area contributed by atoms with Gasteiger partial charge in [0.05, 0.1) is 4.90 Å². The van der Waals surface area contributed by atoms with Crippen molar-refractivity contribution in [3.05, 3.63) is 36.0 Å². The van der Waals surface area contributed by atoms with Crippen LogP contribution in [0.2, 0.25) is 0 Å². The lowest BCUT2D eigenvalue weighted by atomic mass is 10.1. The van der Waals surface area contributed by atoms with Crippen molar-refractivity contribution in [3.8, 4) is 10.7 Å². The summed E-state index contributed by atoms with van der Waals surface area (Å²) in [7, 11) is -3.71. The molecule has 6 nitrogen and oxygen atoms in total. The maximum Gasteiger partial charge on any atom is 0.238 e. The largest absolute Gasteiger partial charge is 0.253 e. The van der Waals surface area contributed by atoms with Crippen LogP contribution in [0, 0.1) is 0 Å². The van der Waals surface area contributed by atoms with Gasteiger partial charge < -0.3 is 0 Å². The second-order valence-corrected chi connectivity index (χ2v) is 6.23. The van der Waals surface area contributed by atoms with Crippen LogP contribution in [0.15, 0.2) is 40.9 Å². The van der Waals surface area contributed by atoms with E-state index in [9.17, 15) is 8.42 Å². The van der Waals surface area contributed by atoms with Crippen LogP contribution in [-0.4, -0.2) is 23.6 Å². The zero-order chi connectivity index (χ0) is 13.5. The molecule has 0 aliphatic carbocycles. The van der Waals surface area contributed by atoms with Gasteiger partial charge in [-0.05, 0) is 23.6 Å². The van der Waals surface area contributed by atoms with Crippen LogP contribution in [0.1, 0.15) is 0 Å². The molecule has 1 aromatic carbocycles. The molecule has 0 bridgehead atoms. The van der Waals surface area contributed by atoms with E-state index in [0.29, 0.717) is 10.7 Å². The first kappa shape index (κ1) is 12.2. The number of hydrogen-bond acceptors (Lipinski definition) is 6. The van der Waals surface area contributed by atoms with Crippen LogP contribution in [0.4, 0.5) is 0 Å². The van der Waals surface area contributed by atoms with E-state index < -0.39 is 10.0 Å². The minimum Gasteiger partial charge on any atom is -0.253 e. The smallest absolute Gasteiger partial charge is 0.238 e. The number of nitrogens with two attached hydrogens (primary N) is 1. The van der Waals surface area contributed by atoms with Crippen LogP contribution in [0.25, 0.3) is 21.5 Å². The summed E-state index contributed by atoms with van der Waals surface area (Å²) in [4.78, 5) is 4.35. The summed E-state index contributed by atoms with van der Waals surface area (Å²) < 4.78 is 22.7. The summed E-state index contributed by atoms with van der Waals surface area (Å²) in [5, 5.41) is 15.1. The van der Waals surface area contributed by atoms with Gasteiger partial charge >= 0.3 is 0 Å². The molecule has 0 saturated heterocycles. The van der Waals surface area contributed by atoms with Crippen molar-refractivity contribution in [1.29, 1.82) is 0 Å². The quantitative estimate of drug-likeness (QED) is 0.769. The SMILES string of the molecule is NS(=O)(=O)c1ccc2c(-c3nncs3)nccc2c1. The molecule has 0 aliphatic rings. The van der Waals surface area contributed by atoms with Gasteiger partial charge in [-0.3, -0.25) is 4.98 Å². The van der Waals surface area contributed by atoms with Crippen molar-refractivity contribution in [2.75, 3.05) is 0 Å². The molecular formula is C11H8N4O2S2. The minimum atomic E-state index is -3.71. The fourth-order valence-electron chi connectivity index (χ4n) is 1.78. The molecule has 0 spiro atoms. The van der Waals surface area contributed by atoms with Crippen molar-refractivity contribution in [3.63, 3.8) is 0 Å². The van der Waals surface area contributed by atoms with Crippen LogP contribution < -0.4 is 5.14 Å². The van der Waals surface area contributed by atoms with E-state index in [-0.39, 0.29) is 4.90 Å². The van der Waals surface area contributed by atoms with Crippen molar-refractivity contribution in [2.24, 2.45) is 5.14 Å². The molecule has 19 heavy (non-hydrogen) atoms. The predicted molar refractivity (Wildman–Crippen MR) is 72.0 cm³/mol. The normalized spacial score (nSPS) is 11.8. The van der Waals surface area contributed by atoms with Gasteiger partial charge in [0.15, 0.2) is 5.01 Å². The lowest BCUT2D eigenvalue weighted by molar-refractivity contribution is 0.598. The van der Waals surface area contributed by atoms with Gasteiger partial charge in [0, 0.05) is 11.6 Å². The van der Waals surface area contributed by atoms with Crippen LogP contribution >= 0.6 is 11.3 Å². The molecule has 0 amide bonds. The Kier molecular flexibility index (Phi) is 2.77. The Bertz CT molecular complexity index is 844. The van der Waals surface area contributed by atoms with Crippen LogP contribution in [0.3, 0.4) is 0 Å². The molecule has 0 atom stereocenters. The molecule has 0 aliphatic heterocycles. The second-order valence-electron chi connectivity index (χ2n) is 3.83.